The summed E-state index contributed by atoms with van der Waals surface area (Å²) < 4.78 is 26.1. The van der Waals surface area contributed by atoms with Gasteiger partial charge < -0.3 is 11.1 Å². The second kappa shape index (κ2) is 5.45. The third kappa shape index (κ3) is 3.23. The fourth-order valence-electron chi connectivity index (χ4n) is 2.28. The third-order valence-electron chi connectivity index (χ3n) is 3.53. The minimum absolute atomic E-state index is 0.176. The Morgan fingerprint density at radius 1 is 1.40 bits per heavy atom. The van der Waals surface area contributed by atoms with Gasteiger partial charge in [0.05, 0.1) is 23.0 Å². The van der Waals surface area contributed by atoms with Gasteiger partial charge in [-0.1, -0.05) is 0 Å². The van der Waals surface area contributed by atoms with Crippen LogP contribution in [-0.2, 0) is 4.79 Å². The molecule has 0 aromatic heterocycles. The fourth-order valence-corrected chi connectivity index (χ4v) is 2.28. The van der Waals surface area contributed by atoms with Crippen molar-refractivity contribution in [3.8, 4) is 6.07 Å². The number of nitrogen functional groups attached to an aromatic ring is 1. The molecule has 3 N–H and O–H groups in total. The maximum Gasteiger partial charge on any atom is 0.248 e. The molecule has 1 amide bonds. The number of hydrogen-bond donors (Lipinski definition) is 2. The molecule has 1 aromatic rings. The molecule has 1 aromatic carbocycles. The number of anilines is 2. The SMILES string of the molecule is N#Cc1ccc(NC(=O)C2CCC(F)(F)CC2)c(N)c1. The molecule has 20 heavy (non-hydrogen) atoms. The molecule has 1 fully saturated rings. The van der Waals surface area contributed by atoms with Crippen molar-refractivity contribution in [3.63, 3.8) is 0 Å². The van der Waals surface area contributed by atoms with Crippen LogP contribution in [-0.4, -0.2) is 11.8 Å². The summed E-state index contributed by atoms with van der Waals surface area (Å²) in [6, 6.07) is 6.50. The molecule has 1 saturated carbocycles. The highest BCUT2D eigenvalue weighted by molar-refractivity contribution is 5.95. The van der Waals surface area contributed by atoms with Gasteiger partial charge in [0.2, 0.25) is 11.8 Å². The molecule has 0 bridgehead atoms. The van der Waals surface area contributed by atoms with Crippen LogP contribution in [0.25, 0.3) is 0 Å². The van der Waals surface area contributed by atoms with Gasteiger partial charge in [0.1, 0.15) is 0 Å². The van der Waals surface area contributed by atoms with Crippen molar-refractivity contribution in [3.05, 3.63) is 23.8 Å². The van der Waals surface area contributed by atoms with Gasteiger partial charge in [-0.05, 0) is 31.0 Å². The van der Waals surface area contributed by atoms with Gasteiger partial charge in [0, 0.05) is 18.8 Å². The molecular weight excluding hydrogens is 264 g/mol. The van der Waals surface area contributed by atoms with Crippen LogP contribution in [0.15, 0.2) is 18.2 Å². The van der Waals surface area contributed by atoms with E-state index in [2.05, 4.69) is 5.32 Å². The molecule has 0 atom stereocenters. The summed E-state index contributed by atoms with van der Waals surface area (Å²) in [5.41, 5.74) is 6.83. The van der Waals surface area contributed by atoms with Gasteiger partial charge in [-0.3, -0.25) is 4.79 Å². The van der Waals surface area contributed by atoms with Gasteiger partial charge in [-0.25, -0.2) is 8.78 Å². The van der Waals surface area contributed by atoms with Crippen molar-refractivity contribution in [2.24, 2.45) is 5.92 Å². The lowest BCUT2D eigenvalue weighted by Crippen LogP contribution is -2.32. The molecule has 0 heterocycles. The topological polar surface area (TPSA) is 78.9 Å². The van der Waals surface area contributed by atoms with Crippen molar-refractivity contribution >= 4 is 17.3 Å². The first-order chi connectivity index (χ1) is 9.41. The zero-order valence-corrected chi connectivity index (χ0v) is 10.8. The Hall–Kier alpha value is -2.16. The van der Waals surface area contributed by atoms with Crippen molar-refractivity contribution in [1.82, 2.24) is 0 Å². The Bertz CT molecular complexity index is 556. The predicted molar refractivity (Wildman–Crippen MR) is 71.1 cm³/mol. The molecule has 0 saturated heterocycles. The van der Waals surface area contributed by atoms with Gasteiger partial charge in [-0.2, -0.15) is 5.26 Å². The number of benzene rings is 1. The monoisotopic (exact) mass is 279 g/mol. The normalized spacial score (nSPS) is 18.2. The lowest BCUT2D eigenvalue weighted by molar-refractivity contribution is -0.124. The number of carbonyl (C=O) groups excluding carboxylic acids is 1. The van der Waals surface area contributed by atoms with Crippen LogP contribution in [0.3, 0.4) is 0 Å². The maximum absolute atomic E-state index is 13.0. The second-order valence-corrected chi connectivity index (χ2v) is 5.03. The Balaban J connectivity index is 2.00. The number of halogens is 2. The van der Waals surface area contributed by atoms with Crippen LogP contribution in [0, 0.1) is 17.2 Å². The van der Waals surface area contributed by atoms with Crippen LogP contribution >= 0.6 is 0 Å². The number of nitrogens with zero attached hydrogens (tertiary/aromatic N) is 1. The number of nitrogens with two attached hydrogens (primary N) is 1. The van der Waals surface area contributed by atoms with E-state index >= 15 is 0 Å². The first-order valence-corrected chi connectivity index (χ1v) is 6.39. The zero-order valence-electron chi connectivity index (χ0n) is 10.8. The van der Waals surface area contributed by atoms with E-state index in [4.69, 9.17) is 11.0 Å². The largest absolute Gasteiger partial charge is 0.397 e. The minimum atomic E-state index is -2.65. The highest BCUT2D eigenvalue weighted by Gasteiger charge is 2.37. The summed E-state index contributed by atoms with van der Waals surface area (Å²) in [6.45, 7) is 0. The second-order valence-electron chi connectivity index (χ2n) is 5.03. The van der Waals surface area contributed by atoms with E-state index in [1.54, 1.807) is 12.1 Å². The summed E-state index contributed by atoms with van der Waals surface area (Å²) >= 11 is 0. The first-order valence-electron chi connectivity index (χ1n) is 6.39. The van der Waals surface area contributed by atoms with Gasteiger partial charge >= 0.3 is 0 Å². The van der Waals surface area contributed by atoms with Gasteiger partial charge in [0.15, 0.2) is 0 Å². The Kier molecular flexibility index (Phi) is 3.89. The highest BCUT2D eigenvalue weighted by atomic mass is 19.3. The Morgan fingerprint density at radius 2 is 2.05 bits per heavy atom. The molecule has 0 spiro atoms. The summed E-state index contributed by atoms with van der Waals surface area (Å²) in [6.07, 6.45) is -0.161. The van der Waals surface area contributed by atoms with Crippen molar-refractivity contribution < 1.29 is 13.6 Å². The van der Waals surface area contributed by atoms with E-state index in [0.29, 0.717) is 16.9 Å². The van der Waals surface area contributed by atoms with Crippen LogP contribution in [0.2, 0.25) is 0 Å². The molecule has 0 unspecified atom stereocenters. The first kappa shape index (κ1) is 14.3. The summed E-state index contributed by atoms with van der Waals surface area (Å²) in [7, 11) is 0. The van der Waals surface area contributed by atoms with E-state index in [-0.39, 0.29) is 31.6 Å². The van der Waals surface area contributed by atoms with Crippen LogP contribution < -0.4 is 11.1 Å². The van der Waals surface area contributed by atoms with Crippen molar-refractivity contribution in [1.29, 1.82) is 5.26 Å². The predicted octanol–water partition coefficient (Wildman–Crippen LogP) is 2.90. The van der Waals surface area contributed by atoms with Crippen LogP contribution in [0.5, 0.6) is 0 Å². The number of hydrogen-bond acceptors (Lipinski definition) is 3. The van der Waals surface area contributed by atoms with Crippen LogP contribution in [0.1, 0.15) is 31.2 Å². The molecule has 1 aliphatic rings. The fraction of sp³-hybridized carbons (Fsp3) is 0.429. The zero-order chi connectivity index (χ0) is 14.8. The number of carbonyl (C=O) groups is 1. The lowest BCUT2D eigenvalue weighted by atomic mass is 9.86. The van der Waals surface area contributed by atoms with E-state index in [9.17, 15) is 13.6 Å². The number of amides is 1. The summed E-state index contributed by atoms with van der Waals surface area (Å²) in [5, 5.41) is 11.4. The Morgan fingerprint density at radius 3 is 2.60 bits per heavy atom. The average molecular weight is 279 g/mol. The molecule has 1 aliphatic carbocycles. The summed E-state index contributed by atoms with van der Waals surface area (Å²) in [4.78, 5) is 12.0. The Labute approximate surface area is 115 Å². The van der Waals surface area contributed by atoms with Crippen molar-refractivity contribution in [2.45, 2.75) is 31.6 Å². The highest BCUT2D eigenvalue weighted by Crippen LogP contribution is 2.36. The average Bonchev–Trinajstić information content (AvgIpc) is 2.40. The molecule has 2 rings (SSSR count). The number of nitrogens with one attached hydrogen (secondary N) is 1. The van der Waals surface area contributed by atoms with E-state index in [1.807, 2.05) is 6.07 Å². The minimum Gasteiger partial charge on any atom is -0.397 e. The lowest BCUT2D eigenvalue weighted by Gasteiger charge is -2.27. The molecule has 6 heteroatoms. The van der Waals surface area contributed by atoms with Gasteiger partial charge in [-0.15, -0.1) is 0 Å². The molecule has 106 valence electrons. The van der Waals surface area contributed by atoms with Gasteiger partial charge in [0.25, 0.3) is 0 Å². The quantitative estimate of drug-likeness (QED) is 0.817. The van der Waals surface area contributed by atoms with E-state index in [1.165, 1.54) is 6.07 Å². The summed E-state index contributed by atoms with van der Waals surface area (Å²) in [5.74, 6) is -3.36. The molecular formula is C14H15F2N3O. The number of nitriles is 1. The van der Waals surface area contributed by atoms with E-state index < -0.39 is 11.8 Å². The standard InChI is InChI=1S/C14H15F2N3O/c15-14(16)5-3-10(4-6-14)13(20)19-12-2-1-9(8-17)7-11(12)18/h1-2,7,10H,3-6,18H2,(H,19,20). The third-order valence-corrected chi connectivity index (χ3v) is 3.53. The molecule has 0 aliphatic heterocycles. The number of rotatable bonds is 2. The molecule has 4 nitrogen and oxygen atoms in total. The smallest absolute Gasteiger partial charge is 0.248 e. The van der Waals surface area contributed by atoms with Crippen LogP contribution in [0.4, 0.5) is 20.2 Å². The van der Waals surface area contributed by atoms with Crippen molar-refractivity contribution in [2.75, 3.05) is 11.1 Å². The van der Waals surface area contributed by atoms with E-state index in [0.717, 1.165) is 0 Å². The molecule has 0 radical (unpaired) electrons. The maximum atomic E-state index is 13.0. The number of alkyl halides is 2.